The molecule has 0 radical (unpaired) electrons. The minimum atomic E-state index is -3.95. The molecular formula is C19H25N5O8S. The van der Waals surface area contributed by atoms with Crippen molar-refractivity contribution >= 4 is 27.4 Å². The fourth-order valence-electron chi connectivity index (χ4n) is 3.21. The number of nitrogens with one attached hydrogen (secondary N) is 3. The highest BCUT2D eigenvalue weighted by Gasteiger charge is 2.44. The Labute approximate surface area is 189 Å². The number of benzene rings is 1. The molecule has 5 atom stereocenters. The topological polar surface area (TPSA) is 192 Å². The summed E-state index contributed by atoms with van der Waals surface area (Å²) in [5, 5.41) is 42.7. The zero-order valence-corrected chi connectivity index (χ0v) is 18.6. The van der Waals surface area contributed by atoms with Crippen LogP contribution >= 0.6 is 0 Å². The normalized spacial score (nSPS) is 25.2. The molecule has 180 valence electrons. The molecule has 1 aliphatic heterocycles. The molecular weight excluding hydrogens is 458 g/mol. The molecule has 0 spiro atoms. The van der Waals surface area contributed by atoms with Crippen molar-refractivity contribution in [3.63, 3.8) is 0 Å². The Kier molecular flexibility index (Phi) is 7.65. The van der Waals surface area contributed by atoms with Crippen LogP contribution < -0.4 is 20.1 Å². The first kappa shape index (κ1) is 24.6. The van der Waals surface area contributed by atoms with Gasteiger partial charge in [-0.1, -0.05) is 0 Å². The van der Waals surface area contributed by atoms with Crippen molar-refractivity contribution in [3.8, 4) is 5.88 Å². The molecule has 6 N–H and O–H groups in total. The van der Waals surface area contributed by atoms with Crippen molar-refractivity contribution in [3.05, 3.63) is 36.4 Å². The Balaban J connectivity index is 1.74. The van der Waals surface area contributed by atoms with Crippen molar-refractivity contribution < 1.29 is 38.0 Å². The number of aromatic nitrogens is 2. The Hall–Kier alpha value is -3.04. The fourth-order valence-corrected chi connectivity index (χ4v) is 4.21. The summed E-state index contributed by atoms with van der Waals surface area (Å²) in [4.78, 5) is 11.5. The van der Waals surface area contributed by atoms with Crippen molar-refractivity contribution in [2.45, 2.75) is 42.4 Å². The van der Waals surface area contributed by atoms with Gasteiger partial charge in [-0.2, -0.15) is 0 Å². The van der Waals surface area contributed by atoms with Gasteiger partial charge in [-0.3, -0.25) is 9.52 Å². The largest absolute Gasteiger partial charge is 0.480 e. The van der Waals surface area contributed by atoms with Gasteiger partial charge in [0, 0.05) is 18.7 Å². The first-order valence-electron chi connectivity index (χ1n) is 9.81. The molecule has 13 nitrogen and oxygen atoms in total. The lowest BCUT2D eigenvalue weighted by atomic mass is 9.96. The fraction of sp³-hybridized carbons (Fsp3) is 0.421. The van der Waals surface area contributed by atoms with Crippen molar-refractivity contribution in [1.82, 2.24) is 15.5 Å². The summed E-state index contributed by atoms with van der Waals surface area (Å²) in [6.45, 7) is 0.689. The average Bonchev–Trinajstić information content (AvgIpc) is 2.79. The van der Waals surface area contributed by atoms with Crippen LogP contribution in [0.25, 0.3) is 0 Å². The van der Waals surface area contributed by atoms with Crippen LogP contribution in [0.5, 0.6) is 5.88 Å². The van der Waals surface area contributed by atoms with Gasteiger partial charge in [-0.15, -0.1) is 10.2 Å². The van der Waals surface area contributed by atoms with E-state index in [1.165, 1.54) is 50.4 Å². The third-order valence-corrected chi connectivity index (χ3v) is 6.23. The Morgan fingerprint density at radius 1 is 1.12 bits per heavy atom. The van der Waals surface area contributed by atoms with Gasteiger partial charge in [-0.25, -0.2) is 8.42 Å². The van der Waals surface area contributed by atoms with Gasteiger partial charge in [-0.05, 0) is 30.3 Å². The van der Waals surface area contributed by atoms with Crippen LogP contribution in [0.1, 0.15) is 6.92 Å². The molecule has 1 saturated heterocycles. The zero-order valence-electron chi connectivity index (χ0n) is 17.7. The molecule has 1 aromatic heterocycles. The van der Waals surface area contributed by atoms with E-state index in [2.05, 4.69) is 25.6 Å². The van der Waals surface area contributed by atoms with Crippen molar-refractivity contribution in [2.24, 2.45) is 0 Å². The number of aliphatic hydroxyl groups excluding tert-OH is 3. The van der Waals surface area contributed by atoms with Gasteiger partial charge in [0.1, 0.15) is 24.4 Å². The second kappa shape index (κ2) is 10.3. The lowest BCUT2D eigenvalue weighted by molar-refractivity contribution is -0.188. The number of anilines is 2. The zero-order chi connectivity index (χ0) is 24.2. The second-order valence-electron chi connectivity index (χ2n) is 7.22. The molecule has 5 unspecified atom stereocenters. The highest BCUT2D eigenvalue weighted by molar-refractivity contribution is 7.92. The van der Waals surface area contributed by atoms with Crippen LogP contribution in [0.4, 0.5) is 11.5 Å². The van der Waals surface area contributed by atoms with E-state index in [9.17, 15) is 28.5 Å². The number of nitrogens with zero attached hydrogens (tertiary/aromatic N) is 2. The van der Waals surface area contributed by atoms with Crippen LogP contribution in [0, 0.1) is 0 Å². The standard InChI is InChI=1S/C19H25N5O8S/c1-10(26)20-16-18(28)17(27)13(9-25)32-19(16)21-11-3-5-12(6-4-11)33(29,30)24-14-7-8-15(31-2)23-22-14/h3-8,13,16-19,21,25,27-28H,9H2,1-2H3,(H,20,26)(H,22,24). The summed E-state index contributed by atoms with van der Waals surface area (Å²) >= 11 is 0. The third kappa shape index (κ3) is 5.85. The Bertz CT molecular complexity index is 1050. The molecule has 0 aliphatic carbocycles. The molecule has 2 aromatic rings. The van der Waals surface area contributed by atoms with E-state index in [0.717, 1.165) is 0 Å². The molecule has 14 heteroatoms. The molecule has 1 aromatic carbocycles. The van der Waals surface area contributed by atoms with Crippen molar-refractivity contribution in [2.75, 3.05) is 23.8 Å². The molecule has 0 saturated carbocycles. The smallest absolute Gasteiger partial charge is 0.263 e. The summed E-state index contributed by atoms with van der Waals surface area (Å²) in [5.74, 6) is -0.218. The summed E-state index contributed by atoms with van der Waals surface area (Å²) in [6, 6.07) is 7.39. The molecule has 1 fully saturated rings. The molecule has 1 aliphatic rings. The van der Waals surface area contributed by atoms with E-state index in [1.54, 1.807) is 0 Å². The second-order valence-corrected chi connectivity index (χ2v) is 8.90. The van der Waals surface area contributed by atoms with Gasteiger partial charge in [0.15, 0.2) is 12.0 Å². The molecule has 33 heavy (non-hydrogen) atoms. The average molecular weight is 484 g/mol. The van der Waals surface area contributed by atoms with Gasteiger partial charge in [0.2, 0.25) is 11.8 Å². The van der Waals surface area contributed by atoms with Crippen LogP contribution in [0.2, 0.25) is 0 Å². The number of methoxy groups -OCH3 is 1. The number of carbonyl (C=O) groups excluding carboxylic acids is 1. The Morgan fingerprint density at radius 2 is 1.82 bits per heavy atom. The van der Waals surface area contributed by atoms with Crippen molar-refractivity contribution in [1.29, 1.82) is 0 Å². The SMILES string of the molecule is COc1ccc(NS(=O)(=O)c2ccc(NC3OC(CO)C(O)C(O)C3NC(C)=O)cc2)nn1. The highest BCUT2D eigenvalue weighted by Crippen LogP contribution is 2.24. The van der Waals surface area contributed by atoms with E-state index < -0.39 is 53.1 Å². The minimum Gasteiger partial charge on any atom is -0.480 e. The summed E-state index contributed by atoms with van der Waals surface area (Å²) < 4.78 is 38.0. The van der Waals surface area contributed by atoms with Gasteiger partial charge < -0.3 is 35.4 Å². The Morgan fingerprint density at radius 3 is 2.36 bits per heavy atom. The lowest BCUT2D eigenvalue weighted by Gasteiger charge is -2.43. The van der Waals surface area contributed by atoms with E-state index in [4.69, 9.17) is 9.47 Å². The number of aliphatic hydroxyl groups is 3. The summed E-state index contributed by atoms with van der Waals surface area (Å²) in [5.41, 5.74) is 0.402. The first-order valence-corrected chi connectivity index (χ1v) is 11.3. The number of carbonyl (C=O) groups is 1. The molecule has 2 heterocycles. The number of sulfonamides is 1. The maximum absolute atomic E-state index is 12.6. The molecule has 1 amide bonds. The first-order chi connectivity index (χ1) is 15.6. The van der Waals surface area contributed by atoms with Gasteiger partial charge >= 0.3 is 0 Å². The third-order valence-electron chi connectivity index (χ3n) is 4.86. The van der Waals surface area contributed by atoms with E-state index in [0.29, 0.717) is 5.69 Å². The van der Waals surface area contributed by atoms with Crippen LogP contribution in [-0.4, -0.2) is 84.1 Å². The quantitative estimate of drug-likeness (QED) is 0.260. The van der Waals surface area contributed by atoms with E-state index >= 15 is 0 Å². The highest BCUT2D eigenvalue weighted by atomic mass is 32.2. The van der Waals surface area contributed by atoms with Gasteiger partial charge in [0.25, 0.3) is 10.0 Å². The number of hydrogen-bond donors (Lipinski definition) is 6. The number of ether oxygens (including phenoxy) is 2. The van der Waals surface area contributed by atoms with Crippen LogP contribution in [-0.2, 0) is 19.6 Å². The number of hydrogen-bond acceptors (Lipinski definition) is 11. The maximum atomic E-state index is 12.6. The predicted molar refractivity (Wildman–Crippen MR) is 115 cm³/mol. The summed E-state index contributed by atoms with van der Waals surface area (Å²) in [6.07, 6.45) is -4.92. The summed E-state index contributed by atoms with van der Waals surface area (Å²) in [7, 11) is -2.54. The number of amides is 1. The van der Waals surface area contributed by atoms with Crippen LogP contribution in [0.15, 0.2) is 41.3 Å². The number of rotatable bonds is 8. The molecule has 0 bridgehead atoms. The van der Waals surface area contributed by atoms with Crippen LogP contribution in [0.3, 0.4) is 0 Å². The molecule has 3 rings (SSSR count). The maximum Gasteiger partial charge on any atom is 0.263 e. The van der Waals surface area contributed by atoms with E-state index in [-0.39, 0.29) is 16.6 Å². The minimum absolute atomic E-state index is 0.00865. The van der Waals surface area contributed by atoms with Gasteiger partial charge in [0.05, 0.1) is 18.6 Å². The lowest BCUT2D eigenvalue weighted by Crippen LogP contribution is -2.65. The van der Waals surface area contributed by atoms with E-state index in [1.807, 2.05) is 0 Å². The predicted octanol–water partition coefficient (Wildman–Crippen LogP) is -1.36. The monoisotopic (exact) mass is 483 g/mol.